The number of aromatic nitrogens is 1. The first-order valence-corrected chi connectivity index (χ1v) is 10.7. The number of hydrogen-bond donors (Lipinski definition) is 2. The van der Waals surface area contributed by atoms with Crippen LogP contribution in [0.25, 0.3) is 0 Å². The third-order valence-electron chi connectivity index (χ3n) is 4.72. The second-order valence-electron chi connectivity index (χ2n) is 7.31. The smallest absolute Gasteiger partial charge is 0.231 e. The van der Waals surface area contributed by atoms with Gasteiger partial charge in [0.2, 0.25) is 5.91 Å². The van der Waals surface area contributed by atoms with Crippen LogP contribution in [0.1, 0.15) is 21.8 Å². The summed E-state index contributed by atoms with van der Waals surface area (Å²) in [6.07, 6.45) is 0.282. The summed E-state index contributed by atoms with van der Waals surface area (Å²) in [7, 11) is 5.43. The summed E-state index contributed by atoms with van der Waals surface area (Å²) in [5, 5.41) is 5.78. The molecule has 3 rings (SSSR count). The van der Waals surface area contributed by atoms with Gasteiger partial charge in [0.1, 0.15) is 35.3 Å². The topological polar surface area (TPSA) is 64.9 Å². The van der Waals surface area contributed by atoms with Crippen LogP contribution in [-0.2, 0) is 24.3 Å². The minimum atomic E-state index is -0.0524. The van der Waals surface area contributed by atoms with E-state index in [9.17, 15) is 4.79 Å². The van der Waals surface area contributed by atoms with E-state index in [1.165, 1.54) is 16.2 Å². The molecule has 0 bridgehead atoms. The maximum Gasteiger partial charge on any atom is 0.231 e. The molecule has 0 spiro atoms. The fraction of sp³-hybridized carbons (Fsp3) is 0.304. The Morgan fingerprint density at radius 3 is 2.57 bits per heavy atom. The predicted molar refractivity (Wildman–Crippen MR) is 119 cm³/mol. The molecule has 7 heteroatoms. The Morgan fingerprint density at radius 2 is 1.87 bits per heavy atom. The van der Waals surface area contributed by atoms with Gasteiger partial charge in [0, 0.05) is 22.7 Å². The van der Waals surface area contributed by atoms with Gasteiger partial charge in [-0.1, -0.05) is 17.7 Å². The van der Waals surface area contributed by atoms with Crippen LogP contribution in [0.2, 0.25) is 0 Å². The number of aryl methyl sites for hydroxylation is 1. The summed E-state index contributed by atoms with van der Waals surface area (Å²) in [5.41, 5.74) is 4.07. The molecule has 1 unspecified atom stereocenters. The maximum absolute atomic E-state index is 12.3. The molecule has 1 heterocycles. The molecule has 6 nitrogen and oxygen atoms in total. The van der Waals surface area contributed by atoms with E-state index in [0.29, 0.717) is 0 Å². The molecule has 1 amide bonds. The van der Waals surface area contributed by atoms with E-state index in [2.05, 4.69) is 17.3 Å². The van der Waals surface area contributed by atoms with Gasteiger partial charge in [0.15, 0.2) is 0 Å². The van der Waals surface area contributed by atoms with Gasteiger partial charge in [-0.15, -0.1) is 11.3 Å². The van der Waals surface area contributed by atoms with Crippen molar-refractivity contribution < 1.29 is 19.2 Å². The number of quaternary nitrogens is 1. The first kappa shape index (κ1) is 21.8. The van der Waals surface area contributed by atoms with Crippen molar-refractivity contribution in [2.45, 2.75) is 26.4 Å². The molecule has 0 fully saturated rings. The summed E-state index contributed by atoms with van der Waals surface area (Å²) in [6, 6.07) is 13.7. The van der Waals surface area contributed by atoms with Crippen LogP contribution in [0.15, 0.2) is 47.8 Å². The number of rotatable bonds is 9. The Bertz CT molecular complexity index is 986. The highest BCUT2D eigenvalue weighted by molar-refractivity contribution is 7.09. The van der Waals surface area contributed by atoms with Crippen molar-refractivity contribution in [1.82, 2.24) is 4.98 Å². The minimum Gasteiger partial charge on any atom is -0.497 e. The number of amides is 1. The fourth-order valence-corrected chi connectivity index (χ4v) is 3.98. The molecule has 158 valence electrons. The number of hydrogen-bond acceptors (Lipinski definition) is 5. The van der Waals surface area contributed by atoms with E-state index in [1.807, 2.05) is 54.8 Å². The SMILES string of the molecule is COc1ccc(C[NH+](C)Cc2csc(CC(=O)Nc3ccc(C)cc3)n2)c(OC)c1. The molecule has 0 saturated heterocycles. The van der Waals surface area contributed by atoms with E-state index in [-0.39, 0.29) is 12.3 Å². The second kappa shape index (κ2) is 10.2. The van der Waals surface area contributed by atoms with Crippen LogP contribution in [0.4, 0.5) is 5.69 Å². The standard InChI is InChI=1S/C23H27N3O3S/c1-16-5-8-18(9-6-16)24-22(27)12-23-25-19(15-30-23)14-26(2)13-17-7-10-20(28-3)11-21(17)29-4/h5-11,15H,12-14H2,1-4H3,(H,24,27)/p+1. The van der Waals surface area contributed by atoms with Gasteiger partial charge in [0.05, 0.1) is 27.7 Å². The first-order chi connectivity index (χ1) is 14.5. The molecule has 0 aliphatic heterocycles. The van der Waals surface area contributed by atoms with Crippen LogP contribution in [0.5, 0.6) is 11.5 Å². The number of ether oxygens (including phenoxy) is 2. The zero-order valence-corrected chi connectivity index (χ0v) is 18.6. The Kier molecular flexibility index (Phi) is 7.43. The molecule has 0 saturated carbocycles. The van der Waals surface area contributed by atoms with Crippen molar-refractivity contribution >= 4 is 22.9 Å². The number of nitrogens with zero attached hydrogens (tertiary/aromatic N) is 1. The lowest BCUT2D eigenvalue weighted by Crippen LogP contribution is -3.06. The molecule has 2 N–H and O–H groups in total. The van der Waals surface area contributed by atoms with Crippen LogP contribution in [-0.4, -0.2) is 32.2 Å². The lowest BCUT2D eigenvalue weighted by Gasteiger charge is -2.15. The normalized spacial score (nSPS) is 11.7. The summed E-state index contributed by atoms with van der Waals surface area (Å²) in [6.45, 7) is 3.59. The molecule has 0 aliphatic carbocycles. The first-order valence-electron chi connectivity index (χ1n) is 9.79. The fourth-order valence-electron chi connectivity index (χ4n) is 3.19. The summed E-state index contributed by atoms with van der Waals surface area (Å²) >= 11 is 1.53. The summed E-state index contributed by atoms with van der Waals surface area (Å²) < 4.78 is 10.8. The third kappa shape index (κ3) is 6.05. The van der Waals surface area contributed by atoms with Gasteiger partial charge in [-0.05, 0) is 31.2 Å². The molecular weight excluding hydrogens is 398 g/mol. The number of thiazole rings is 1. The number of benzene rings is 2. The highest BCUT2D eigenvalue weighted by Crippen LogP contribution is 2.24. The average molecular weight is 427 g/mol. The molecule has 2 aromatic carbocycles. The Balaban J connectivity index is 1.54. The number of nitrogens with one attached hydrogen (secondary N) is 2. The largest absolute Gasteiger partial charge is 0.497 e. The van der Waals surface area contributed by atoms with Gasteiger partial charge in [-0.2, -0.15) is 0 Å². The minimum absolute atomic E-state index is 0.0524. The Labute approximate surface area is 181 Å². The Hall–Kier alpha value is -2.90. The number of carbonyl (C=O) groups is 1. The van der Waals surface area contributed by atoms with Crippen molar-refractivity contribution in [3.8, 4) is 11.5 Å². The summed E-state index contributed by atoms with van der Waals surface area (Å²) in [5.74, 6) is 1.55. The van der Waals surface area contributed by atoms with Crippen molar-refractivity contribution in [1.29, 1.82) is 0 Å². The van der Waals surface area contributed by atoms with Gasteiger partial charge in [-0.3, -0.25) is 4.79 Å². The van der Waals surface area contributed by atoms with E-state index >= 15 is 0 Å². The maximum atomic E-state index is 12.3. The summed E-state index contributed by atoms with van der Waals surface area (Å²) in [4.78, 5) is 18.2. The molecule has 1 atom stereocenters. The van der Waals surface area contributed by atoms with Gasteiger partial charge in [0.25, 0.3) is 0 Å². The van der Waals surface area contributed by atoms with Gasteiger partial charge in [-0.25, -0.2) is 4.98 Å². The lowest BCUT2D eigenvalue weighted by atomic mass is 10.1. The van der Waals surface area contributed by atoms with Crippen LogP contribution in [0.3, 0.4) is 0 Å². The highest BCUT2D eigenvalue weighted by atomic mass is 32.1. The van der Waals surface area contributed by atoms with Crippen molar-refractivity contribution in [3.63, 3.8) is 0 Å². The molecular formula is C23H28N3O3S+. The van der Waals surface area contributed by atoms with Crippen molar-refractivity contribution in [3.05, 3.63) is 69.7 Å². The zero-order valence-electron chi connectivity index (χ0n) is 17.8. The van der Waals surface area contributed by atoms with Crippen LogP contribution >= 0.6 is 11.3 Å². The quantitative estimate of drug-likeness (QED) is 0.552. The zero-order chi connectivity index (χ0) is 21.5. The third-order valence-corrected chi connectivity index (χ3v) is 5.61. The van der Waals surface area contributed by atoms with Crippen LogP contribution in [0, 0.1) is 6.92 Å². The number of anilines is 1. The number of methoxy groups -OCH3 is 2. The van der Waals surface area contributed by atoms with E-state index in [0.717, 1.165) is 52.1 Å². The number of carbonyl (C=O) groups excluding carboxylic acids is 1. The van der Waals surface area contributed by atoms with Gasteiger partial charge < -0.3 is 19.7 Å². The molecule has 1 aromatic heterocycles. The highest BCUT2D eigenvalue weighted by Gasteiger charge is 2.14. The van der Waals surface area contributed by atoms with Crippen LogP contribution < -0.4 is 19.7 Å². The molecule has 0 aliphatic rings. The monoisotopic (exact) mass is 426 g/mol. The van der Waals surface area contributed by atoms with Crippen molar-refractivity contribution in [2.75, 3.05) is 26.6 Å². The molecule has 0 radical (unpaired) electrons. The second-order valence-corrected chi connectivity index (χ2v) is 8.25. The lowest BCUT2D eigenvalue weighted by molar-refractivity contribution is -0.908. The van der Waals surface area contributed by atoms with E-state index in [4.69, 9.17) is 9.47 Å². The van der Waals surface area contributed by atoms with Gasteiger partial charge >= 0.3 is 0 Å². The average Bonchev–Trinajstić information content (AvgIpc) is 3.16. The van der Waals surface area contributed by atoms with E-state index in [1.54, 1.807) is 14.2 Å². The molecule has 3 aromatic rings. The Morgan fingerprint density at radius 1 is 1.10 bits per heavy atom. The molecule has 30 heavy (non-hydrogen) atoms. The predicted octanol–water partition coefficient (Wildman–Crippen LogP) is 2.86. The van der Waals surface area contributed by atoms with Crippen molar-refractivity contribution in [2.24, 2.45) is 0 Å². The van der Waals surface area contributed by atoms with E-state index < -0.39 is 0 Å².